The van der Waals surface area contributed by atoms with Gasteiger partial charge in [-0.3, -0.25) is 4.79 Å². The van der Waals surface area contributed by atoms with Crippen molar-refractivity contribution in [2.75, 3.05) is 14.2 Å². The highest BCUT2D eigenvalue weighted by Gasteiger charge is 2.12. The Morgan fingerprint density at radius 3 is 2.80 bits per heavy atom. The number of carbonyl (C=O) groups is 1. The number of aromatic nitrogens is 4. The summed E-state index contributed by atoms with van der Waals surface area (Å²) in [6.07, 6.45) is 1.55. The molecule has 1 amide bonds. The Morgan fingerprint density at radius 1 is 1.24 bits per heavy atom. The van der Waals surface area contributed by atoms with E-state index in [4.69, 9.17) is 13.9 Å². The third kappa shape index (κ3) is 3.94. The molecule has 130 valence electrons. The maximum Gasteiger partial charge on any atom is 0.244 e. The van der Waals surface area contributed by atoms with Gasteiger partial charge in [-0.15, -0.1) is 10.2 Å². The monoisotopic (exact) mass is 343 g/mol. The topological polar surface area (TPSA) is 104 Å². The van der Waals surface area contributed by atoms with Gasteiger partial charge in [0.1, 0.15) is 12.3 Å². The summed E-state index contributed by atoms with van der Waals surface area (Å²) in [5.41, 5.74) is 0.708. The summed E-state index contributed by atoms with van der Waals surface area (Å²) >= 11 is 0. The van der Waals surface area contributed by atoms with Crippen molar-refractivity contribution in [1.29, 1.82) is 0 Å². The first-order valence-electron chi connectivity index (χ1n) is 7.49. The van der Waals surface area contributed by atoms with Gasteiger partial charge in [-0.05, 0) is 35.5 Å². The fourth-order valence-electron chi connectivity index (χ4n) is 2.18. The number of carbonyl (C=O) groups excluding carboxylic acids is 1. The van der Waals surface area contributed by atoms with E-state index in [1.165, 1.54) is 4.80 Å². The molecule has 0 unspecified atom stereocenters. The highest BCUT2D eigenvalue weighted by Crippen LogP contribution is 2.30. The summed E-state index contributed by atoms with van der Waals surface area (Å²) in [5, 5.41) is 14.8. The van der Waals surface area contributed by atoms with E-state index < -0.39 is 0 Å². The fourth-order valence-corrected chi connectivity index (χ4v) is 2.18. The van der Waals surface area contributed by atoms with Crippen molar-refractivity contribution in [3.05, 3.63) is 42.4 Å². The van der Waals surface area contributed by atoms with E-state index in [-0.39, 0.29) is 12.5 Å². The van der Waals surface area contributed by atoms with Gasteiger partial charge < -0.3 is 19.2 Å². The molecular formula is C16H17N5O4. The number of amides is 1. The predicted octanol–water partition coefficient (Wildman–Crippen LogP) is 1.27. The molecule has 2 aromatic heterocycles. The molecule has 0 aliphatic rings. The van der Waals surface area contributed by atoms with Crippen LogP contribution in [0.15, 0.2) is 41.0 Å². The molecule has 0 aliphatic heterocycles. The van der Waals surface area contributed by atoms with Crippen LogP contribution in [0, 0.1) is 0 Å². The number of hydrogen-bond donors (Lipinski definition) is 1. The molecule has 0 aliphatic carbocycles. The molecular weight excluding hydrogens is 326 g/mol. The van der Waals surface area contributed by atoms with Crippen LogP contribution in [-0.4, -0.2) is 40.3 Å². The number of nitrogens with zero attached hydrogens (tertiary/aromatic N) is 4. The van der Waals surface area contributed by atoms with Crippen molar-refractivity contribution in [2.24, 2.45) is 0 Å². The number of nitrogens with one attached hydrogen (secondary N) is 1. The summed E-state index contributed by atoms with van der Waals surface area (Å²) in [7, 11) is 3.11. The molecule has 1 N–H and O–H groups in total. The van der Waals surface area contributed by atoms with Gasteiger partial charge in [0.25, 0.3) is 0 Å². The molecule has 0 saturated carbocycles. The smallest absolute Gasteiger partial charge is 0.244 e. The molecule has 0 bridgehead atoms. The van der Waals surface area contributed by atoms with Crippen LogP contribution in [0.25, 0.3) is 11.4 Å². The third-order valence-electron chi connectivity index (χ3n) is 3.42. The van der Waals surface area contributed by atoms with Gasteiger partial charge in [-0.1, -0.05) is 0 Å². The minimum absolute atomic E-state index is 0.0407. The zero-order valence-electron chi connectivity index (χ0n) is 13.8. The Balaban J connectivity index is 1.64. The molecule has 3 aromatic rings. The Bertz CT molecular complexity index is 844. The van der Waals surface area contributed by atoms with E-state index in [2.05, 4.69) is 20.7 Å². The van der Waals surface area contributed by atoms with Crippen LogP contribution >= 0.6 is 0 Å². The molecule has 1 aromatic carbocycles. The van der Waals surface area contributed by atoms with Crippen molar-refractivity contribution in [1.82, 2.24) is 25.5 Å². The molecule has 2 heterocycles. The maximum atomic E-state index is 11.9. The van der Waals surface area contributed by atoms with Gasteiger partial charge in [0, 0.05) is 5.56 Å². The predicted molar refractivity (Wildman–Crippen MR) is 86.9 cm³/mol. The van der Waals surface area contributed by atoms with Crippen LogP contribution < -0.4 is 14.8 Å². The lowest BCUT2D eigenvalue weighted by atomic mass is 10.2. The van der Waals surface area contributed by atoms with Crippen molar-refractivity contribution in [2.45, 2.75) is 13.1 Å². The lowest BCUT2D eigenvalue weighted by Crippen LogP contribution is -2.27. The Labute approximate surface area is 143 Å². The number of hydrogen-bond acceptors (Lipinski definition) is 7. The average molecular weight is 343 g/mol. The zero-order chi connectivity index (χ0) is 17.6. The molecule has 0 spiro atoms. The van der Waals surface area contributed by atoms with E-state index >= 15 is 0 Å². The summed E-state index contributed by atoms with van der Waals surface area (Å²) in [6, 6.07) is 8.83. The number of rotatable bonds is 7. The van der Waals surface area contributed by atoms with Crippen LogP contribution in [-0.2, 0) is 17.9 Å². The molecule has 0 saturated heterocycles. The van der Waals surface area contributed by atoms with Crippen molar-refractivity contribution >= 4 is 5.91 Å². The molecule has 0 atom stereocenters. The summed E-state index contributed by atoms with van der Waals surface area (Å²) < 4.78 is 15.6. The normalized spacial score (nSPS) is 10.5. The Kier molecular flexibility index (Phi) is 4.93. The van der Waals surface area contributed by atoms with Crippen LogP contribution in [0.4, 0.5) is 0 Å². The van der Waals surface area contributed by atoms with Crippen molar-refractivity contribution < 1.29 is 18.7 Å². The van der Waals surface area contributed by atoms with E-state index in [9.17, 15) is 4.79 Å². The highest BCUT2D eigenvalue weighted by atomic mass is 16.5. The van der Waals surface area contributed by atoms with E-state index in [0.717, 1.165) is 0 Å². The lowest BCUT2D eigenvalue weighted by Gasteiger charge is -2.07. The lowest BCUT2D eigenvalue weighted by molar-refractivity contribution is -0.122. The quantitative estimate of drug-likeness (QED) is 0.689. The molecule has 9 nitrogen and oxygen atoms in total. The second-order valence-electron chi connectivity index (χ2n) is 5.07. The van der Waals surface area contributed by atoms with Crippen LogP contribution in [0.2, 0.25) is 0 Å². The summed E-state index contributed by atoms with van der Waals surface area (Å²) in [4.78, 5) is 13.1. The number of benzene rings is 1. The van der Waals surface area contributed by atoms with Gasteiger partial charge >= 0.3 is 0 Å². The number of ether oxygens (including phenoxy) is 2. The van der Waals surface area contributed by atoms with Crippen LogP contribution in [0.3, 0.4) is 0 Å². The van der Waals surface area contributed by atoms with Gasteiger partial charge in [0.15, 0.2) is 11.5 Å². The first kappa shape index (κ1) is 16.5. The van der Waals surface area contributed by atoms with E-state index in [1.54, 1.807) is 50.8 Å². The summed E-state index contributed by atoms with van der Waals surface area (Å²) in [6.45, 7) is 0.268. The third-order valence-corrected chi connectivity index (χ3v) is 3.42. The van der Waals surface area contributed by atoms with Gasteiger partial charge in [-0.25, -0.2) is 0 Å². The molecule has 0 radical (unpaired) electrons. The standard InChI is InChI=1S/C16H17N5O4/c1-23-13-6-5-11(8-14(13)24-2)16-18-20-21(19-16)10-15(22)17-9-12-4-3-7-25-12/h3-8H,9-10H2,1-2H3,(H,17,22). The zero-order valence-corrected chi connectivity index (χ0v) is 13.8. The van der Waals surface area contributed by atoms with E-state index in [1.807, 2.05) is 0 Å². The Morgan fingerprint density at radius 2 is 2.08 bits per heavy atom. The Hall–Kier alpha value is -3.36. The second kappa shape index (κ2) is 7.47. The van der Waals surface area contributed by atoms with Gasteiger partial charge in [0.2, 0.25) is 11.7 Å². The van der Waals surface area contributed by atoms with Crippen LogP contribution in [0.1, 0.15) is 5.76 Å². The number of tetrazole rings is 1. The maximum absolute atomic E-state index is 11.9. The summed E-state index contributed by atoms with van der Waals surface area (Å²) in [5.74, 6) is 1.99. The van der Waals surface area contributed by atoms with E-state index in [0.29, 0.717) is 35.2 Å². The number of methoxy groups -OCH3 is 2. The molecule has 25 heavy (non-hydrogen) atoms. The largest absolute Gasteiger partial charge is 0.493 e. The first-order chi connectivity index (χ1) is 12.2. The van der Waals surface area contributed by atoms with Gasteiger partial charge in [0.05, 0.1) is 27.0 Å². The molecule has 3 rings (SSSR count). The molecule has 0 fully saturated rings. The number of furan rings is 1. The minimum Gasteiger partial charge on any atom is -0.493 e. The average Bonchev–Trinajstić information content (AvgIpc) is 3.31. The fraction of sp³-hybridized carbons (Fsp3) is 0.250. The van der Waals surface area contributed by atoms with Crippen molar-refractivity contribution in [3.63, 3.8) is 0 Å². The first-order valence-corrected chi connectivity index (χ1v) is 7.49. The molecule has 9 heteroatoms. The van der Waals surface area contributed by atoms with Crippen molar-refractivity contribution in [3.8, 4) is 22.9 Å². The highest BCUT2D eigenvalue weighted by molar-refractivity contribution is 5.75. The van der Waals surface area contributed by atoms with Crippen LogP contribution in [0.5, 0.6) is 11.5 Å². The second-order valence-corrected chi connectivity index (χ2v) is 5.07. The van der Waals surface area contributed by atoms with Gasteiger partial charge in [-0.2, -0.15) is 4.80 Å². The minimum atomic E-state index is -0.243. The SMILES string of the molecule is COc1ccc(-c2nnn(CC(=O)NCc3ccco3)n2)cc1OC.